The molecular weight excluding hydrogens is 284 g/mol. The van der Waals surface area contributed by atoms with Gasteiger partial charge in [-0.2, -0.15) is 0 Å². The average molecular weight is 300 g/mol. The quantitative estimate of drug-likeness (QED) is 0.655. The first-order chi connectivity index (χ1) is 10.6. The number of carbonyl (C=O) groups is 2. The molecule has 0 radical (unpaired) electrons. The van der Waals surface area contributed by atoms with Crippen LogP contribution in [0.25, 0.3) is 0 Å². The molecule has 5 heteroatoms. The Morgan fingerprint density at radius 3 is 2.32 bits per heavy atom. The fourth-order valence-corrected chi connectivity index (χ4v) is 1.87. The van der Waals surface area contributed by atoms with Crippen molar-refractivity contribution in [3.8, 4) is 11.5 Å². The summed E-state index contributed by atoms with van der Waals surface area (Å²) in [5.41, 5.74) is -0.0644. The Bertz CT molecular complexity index is 651. The molecule has 1 atom stereocenters. The van der Waals surface area contributed by atoms with Crippen LogP contribution >= 0.6 is 0 Å². The second-order valence-electron chi connectivity index (χ2n) is 4.55. The normalized spacial score (nSPS) is 11.5. The standard InChI is InChI=1S/C17H16O5/c1-2-14(21-12-8-4-3-5-9-12)17(20)22-15-11-7-6-10-13(15)16(18)19/h3-11,14H,2H2,1H3,(H,18,19). The molecule has 2 aromatic carbocycles. The minimum absolute atomic E-state index is 0.00936. The lowest BCUT2D eigenvalue weighted by atomic mass is 10.2. The number of hydrogen-bond donors (Lipinski definition) is 1. The van der Waals surface area contributed by atoms with Crippen LogP contribution in [0.2, 0.25) is 0 Å². The molecule has 0 aromatic heterocycles. The van der Waals surface area contributed by atoms with Crippen molar-refractivity contribution < 1.29 is 24.2 Å². The van der Waals surface area contributed by atoms with E-state index in [0.29, 0.717) is 12.2 Å². The molecule has 0 fully saturated rings. The maximum atomic E-state index is 12.2. The van der Waals surface area contributed by atoms with Crippen molar-refractivity contribution in [2.24, 2.45) is 0 Å². The highest BCUT2D eigenvalue weighted by Gasteiger charge is 2.23. The summed E-state index contributed by atoms with van der Waals surface area (Å²) in [6.07, 6.45) is -0.396. The third kappa shape index (κ3) is 3.85. The summed E-state index contributed by atoms with van der Waals surface area (Å²) < 4.78 is 10.8. The third-order valence-electron chi connectivity index (χ3n) is 2.98. The van der Waals surface area contributed by atoms with Crippen molar-refractivity contribution in [1.82, 2.24) is 0 Å². The third-order valence-corrected chi connectivity index (χ3v) is 2.98. The Morgan fingerprint density at radius 1 is 1.05 bits per heavy atom. The van der Waals surface area contributed by atoms with Crippen LogP contribution in [0.4, 0.5) is 0 Å². The summed E-state index contributed by atoms with van der Waals surface area (Å²) in [6, 6.07) is 14.9. The molecule has 0 spiro atoms. The first-order valence-electron chi connectivity index (χ1n) is 6.87. The molecule has 2 aromatic rings. The maximum absolute atomic E-state index is 12.2. The molecule has 1 N–H and O–H groups in total. The van der Waals surface area contributed by atoms with E-state index in [1.807, 2.05) is 6.07 Å². The highest BCUT2D eigenvalue weighted by molar-refractivity contribution is 5.92. The van der Waals surface area contributed by atoms with Crippen LogP contribution in [-0.4, -0.2) is 23.1 Å². The molecule has 5 nitrogen and oxygen atoms in total. The van der Waals surface area contributed by atoms with Crippen molar-refractivity contribution in [3.63, 3.8) is 0 Å². The monoisotopic (exact) mass is 300 g/mol. The van der Waals surface area contributed by atoms with Gasteiger partial charge < -0.3 is 14.6 Å². The molecule has 0 aliphatic carbocycles. The lowest BCUT2D eigenvalue weighted by Crippen LogP contribution is -2.31. The minimum atomic E-state index is -1.15. The molecule has 22 heavy (non-hydrogen) atoms. The zero-order valence-corrected chi connectivity index (χ0v) is 12.1. The van der Waals surface area contributed by atoms with Gasteiger partial charge in [-0.3, -0.25) is 0 Å². The van der Waals surface area contributed by atoms with E-state index in [4.69, 9.17) is 14.6 Å². The van der Waals surface area contributed by atoms with E-state index in [1.165, 1.54) is 12.1 Å². The van der Waals surface area contributed by atoms with Crippen LogP contribution in [0.15, 0.2) is 54.6 Å². The van der Waals surface area contributed by atoms with Gasteiger partial charge in [0.2, 0.25) is 0 Å². The fourth-order valence-electron chi connectivity index (χ4n) is 1.87. The van der Waals surface area contributed by atoms with E-state index >= 15 is 0 Å². The fraction of sp³-hybridized carbons (Fsp3) is 0.176. The SMILES string of the molecule is CCC(Oc1ccccc1)C(=O)Oc1ccccc1C(=O)O. The molecule has 0 aliphatic rings. The van der Waals surface area contributed by atoms with E-state index in [2.05, 4.69) is 0 Å². The number of hydrogen-bond acceptors (Lipinski definition) is 4. The summed E-state index contributed by atoms with van der Waals surface area (Å²) >= 11 is 0. The van der Waals surface area contributed by atoms with Gasteiger partial charge in [0.25, 0.3) is 0 Å². The van der Waals surface area contributed by atoms with Crippen molar-refractivity contribution >= 4 is 11.9 Å². The van der Waals surface area contributed by atoms with Crippen molar-refractivity contribution in [1.29, 1.82) is 0 Å². The van der Waals surface area contributed by atoms with Gasteiger partial charge in [-0.15, -0.1) is 0 Å². The Balaban J connectivity index is 2.11. The second kappa shape index (κ2) is 7.26. The minimum Gasteiger partial charge on any atom is -0.479 e. The van der Waals surface area contributed by atoms with Gasteiger partial charge in [0, 0.05) is 0 Å². The van der Waals surface area contributed by atoms with Crippen LogP contribution in [0.1, 0.15) is 23.7 Å². The van der Waals surface area contributed by atoms with E-state index in [9.17, 15) is 9.59 Å². The van der Waals surface area contributed by atoms with E-state index in [1.54, 1.807) is 43.3 Å². The molecule has 1 unspecified atom stereocenters. The lowest BCUT2D eigenvalue weighted by Gasteiger charge is -2.16. The number of carbonyl (C=O) groups excluding carboxylic acids is 1. The number of benzene rings is 2. The number of carboxylic acids is 1. The molecule has 0 bridgehead atoms. The Morgan fingerprint density at radius 2 is 1.68 bits per heavy atom. The first kappa shape index (κ1) is 15.6. The summed E-state index contributed by atoms with van der Waals surface area (Å²) in [4.78, 5) is 23.3. The highest BCUT2D eigenvalue weighted by atomic mass is 16.6. The Kier molecular flexibility index (Phi) is 5.14. The zero-order chi connectivity index (χ0) is 15.9. The van der Waals surface area contributed by atoms with Gasteiger partial charge >= 0.3 is 11.9 Å². The van der Waals surface area contributed by atoms with Gasteiger partial charge in [0.05, 0.1) is 0 Å². The average Bonchev–Trinajstić information content (AvgIpc) is 2.53. The number of carboxylic acid groups (broad SMARTS) is 1. The molecule has 0 saturated heterocycles. The predicted octanol–water partition coefficient (Wildman–Crippen LogP) is 3.15. The second-order valence-corrected chi connectivity index (χ2v) is 4.55. The molecule has 0 saturated carbocycles. The van der Waals surface area contributed by atoms with Crippen LogP contribution in [-0.2, 0) is 4.79 Å². The van der Waals surface area contributed by atoms with Crippen LogP contribution < -0.4 is 9.47 Å². The number of rotatable bonds is 6. The number of aromatic carboxylic acids is 1. The Hall–Kier alpha value is -2.82. The summed E-state index contributed by atoms with van der Waals surface area (Å²) in [5.74, 6) is -1.21. The molecule has 0 amide bonds. The van der Waals surface area contributed by atoms with Crippen LogP contribution in [0, 0.1) is 0 Å². The summed E-state index contributed by atoms with van der Waals surface area (Å²) in [6.45, 7) is 1.79. The maximum Gasteiger partial charge on any atom is 0.352 e. The van der Waals surface area contributed by atoms with E-state index in [-0.39, 0.29) is 11.3 Å². The van der Waals surface area contributed by atoms with Gasteiger partial charge in [0.15, 0.2) is 6.10 Å². The number of esters is 1. The van der Waals surface area contributed by atoms with Crippen molar-refractivity contribution in [3.05, 3.63) is 60.2 Å². The Labute approximate surface area is 128 Å². The lowest BCUT2D eigenvalue weighted by molar-refractivity contribution is -0.142. The summed E-state index contributed by atoms with van der Waals surface area (Å²) in [7, 11) is 0. The van der Waals surface area contributed by atoms with Gasteiger partial charge in [-0.05, 0) is 30.7 Å². The molecular formula is C17H16O5. The zero-order valence-electron chi connectivity index (χ0n) is 12.1. The summed E-state index contributed by atoms with van der Waals surface area (Å²) in [5, 5.41) is 9.09. The number of ether oxygens (including phenoxy) is 2. The predicted molar refractivity (Wildman–Crippen MR) is 80.2 cm³/mol. The topological polar surface area (TPSA) is 72.8 Å². The van der Waals surface area contributed by atoms with Crippen molar-refractivity contribution in [2.45, 2.75) is 19.4 Å². The van der Waals surface area contributed by atoms with Crippen molar-refractivity contribution in [2.75, 3.05) is 0 Å². The first-order valence-corrected chi connectivity index (χ1v) is 6.87. The highest BCUT2D eigenvalue weighted by Crippen LogP contribution is 2.20. The smallest absolute Gasteiger partial charge is 0.352 e. The van der Waals surface area contributed by atoms with Crippen LogP contribution in [0.5, 0.6) is 11.5 Å². The largest absolute Gasteiger partial charge is 0.479 e. The van der Waals surface area contributed by atoms with E-state index < -0.39 is 18.0 Å². The van der Waals surface area contributed by atoms with E-state index in [0.717, 1.165) is 0 Å². The van der Waals surface area contributed by atoms with Gasteiger partial charge in [-0.25, -0.2) is 9.59 Å². The molecule has 0 aliphatic heterocycles. The molecule has 2 rings (SSSR count). The molecule has 114 valence electrons. The number of para-hydroxylation sites is 2. The van der Waals surface area contributed by atoms with Gasteiger partial charge in [0.1, 0.15) is 17.1 Å². The van der Waals surface area contributed by atoms with Crippen LogP contribution in [0.3, 0.4) is 0 Å². The molecule has 0 heterocycles. The van der Waals surface area contributed by atoms with Gasteiger partial charge in [-0.1, -0.05) is 37.3 Å².